The number of hydrogen-bond acceptors (Lipinski definition) is 4. The minimum atomic E-state index is -0.175. The van der Waals surface area contributed by atoms with E-state index in [2.05, 4.69) is 29.6 Å². The van der Waals surface area contributed by atoms with Gasteiger partial charge in [-0.05, 0) is 42.2 Å². The first-order valence-corrected chi connectivity index (χ1v) is 10.4. The Morgan fingerprint density at radius 3 is 2.10 bits per heavy atom. The summed E-state index contributed by atoms with van der Waals surface area (Å²) in [6.45, 7) is 3.49. The molecule has 0 fully saturated rings. The quantitative estimate of drug-likeness (QED) is 0.462. The van der Waals surface area contributed by atoms with Gasteiger partial charge in [-0.2, -0.15) is 0 Å². The number of carbonyl (C=O) groups excluding carboxylic acids is 1. The van der Waals surface area contributed by atoms with Crippen LogP contribution in [0.4, 0.5) is 0 Å². The first kappa shape index (κ1) is 21.6. The Morgan fingerprint density at radius 1 is 0.833 bits per heavy atom. The second-order valence-corrected chi connectivity index (χ2v) is 7.19. The van der Waals surface area contributed by atoms with Gasteiger partial charge in [-0.25, -0.2) is 0 Å². The van der Waals surface area contributed by atoms with Crippen molar-refractivity contribution in [1.82, 2.24) is 5.32 Å². The van der Waals surface area contributed by atoms with Gasteiger partial charge >= 0.3 is 5.97 Å². The molecule has 0 amide bonds. The van der Waals surface area contributed by atoms with Gasteiger partial charge in [-0.3, -0.25) is 4.79 Å². The van der Waals surface area contributed by atoms with Gasteiger partial charge in [0.1, 0.15) is 12.4 Å². The van der Waals surface area contributed by atoms with E-state index in [1.807, 2.05) is 67.6 Å². The van der Waals surface area contributed by atoms with Crippen molar-refractivity contribution < 1.29 is 14.3 Å². The molecule has 3 rings (SSSR count). The van der Waals surface area contributed by atoms with Gasteiger partial charge in [0.05, 0.1) is 13.0 Å². The van der Waals surface area contributed by atoms with Gasteiger partial charge in [-0.15, -0.1) is 0 Å². The van der Waals surface area contributed by atoms with Crippen molar-refractivity contribution in [2.75, 3.05) is 6.61 Å². The highest BCUT2D eigenvalue weighted by molar-refractivity contribution is 5.70. The fourth-order valence-electron chi connectivity index (χ4n) is 3.24. The number of rotatable bonds is 11. The van der Waals surface area contributed by atoms with E-state index in [4.69, 9.17) is 9.47 Å². The molecule has 0 heterocycles. The Balaban J connectivity index is 1.57. The lowest BCUT2D eigenvalue weighted by molar-refractivity contribution is -0.143. The molecule has 1 unspecified atom stereocenters. The molecule has 0 aliphatic rings. The summed E-state index contributed by atoms with van der Waals surface area (Å²) in [4.78, 5) is 12.0. The molecule has 0 radical (unpaired) electrons. The van der Waals surface area contributed by atoms with E-state index in [0.717, 1.165) is 23.3 Å². The first-order chi connectivity index (χ1) is 14.7. The first-order valence-electron chi connectivity index (χ1n) is 10.4. The lowest BCUT2D eigenvalue weighted by atomic mass is 10.0. The molecule has 4 heteroatoms. The molecule has 1 atom stereocenters. The molecule has 0 saturated heterocycles. The maximum absolute atomic E-state index is 12.0. The van der Waals surface area contributed by atoms with Crippen LogP contribution in [0.3, 0.4) is 0 Å². The lowest BCUT2D eigenvalue weighted by Gasteiger charge is -2.18. The SMILES string of the molecule is CCOC(=O)CC(Cc1ccc(OCc2ccccc2)cc1)NCc1ccccc1. The van der Waals surface area contributed by atoms with Crippen LogP contribution in [-0.2, 0) is 29.1 Å². The van der Waals surface area contributed by atoms with Gasteiger partial charge in [0.25, 0.3) is 0 Å². The number of benzene rings is 3. The van der Waals surface area contributed by atoms with Gasteiger partial charge in [-0.1, -0.05) is 72.8 Å². The van der Waals surface area contributed by atoms with Crippen molar-refractivity contribution in [3.63, 3.8) is 0 Å². The molecule has 0 aliphatic heterocycles. The molecule has 30 heavy (non-hydrogen) atoms. The minimum Gasteiger partial charge on any atom is -0.489 e. The Bertz CT molecular complexity index is 879. The normalized spacial score (nSPS) is 11.6. The molecule has 3 aromatic rings. The lowest BCUT2D eigenvalue weighted by Crippen LogP contribution is -2.33. The van der Waals surface area contributed by atoms with Crippen LogP contribution in [-0.4, -0.2) is 18.6 Å². The highest BCUT2D eigenvalue weighted by atomic mass is 16.5. The van der Waals surface area contributed by atoms with Gasteiger partial charge < -0.3 is 14.8 Å². The van der Waals surface area contributed by atoms with Crippen LogP contribution in [0.25, 0.3) is 0 Å². The maximum atomic E-state index is 12.0. The van der Waals surface area contributed by atoms with Crippen LogP contribution in [0.2, 0.25) is 0 Å². The van der Waals surface area contributed by atoms with Crippen molar-refractivity contribution in [2.24, 2.45) is 0 Å². The summed E-state index contributed by atoms with van der Waals surface area (Å²) >= 11 is 0. The molecule has 1 N–H and O–H groups in total. The van der Waals surface area contributed by atoms with Crippen molar-refractivity contribution in [2.45, 2.75) is 39.0 Å². The Kier molecular flexibility index (Phi) is 8.48. The number of nitrogens with one attached hydrogen (secondary N) is 1. The third-order valence-corrected chi connectivity index (χ3v) is 4.81. The van der Waals surface area contributed by atoms with Crippen molar-refractivity contribution in [1.29, 1.82) is 0 Å². The zero-order valence-corrected chi connectivity index (χ0v) is 17.4. The number of hydrogen-bond donors (Lipinski definition) is 1. The van der Waals surface area contributed by atoms with Gasteiger partial charge in [0, 0.05) is 12.6 Å². The summed E-state index contributed by atoms with van der Waals surface area (Å²) in [5.41, 5.74) is 3.48. The number of carbonyl (C=O) groups is 1. The van der Waals surface area contributed by atoms with E-state index >= 15 is 0 Å². The average molecular weight is 404 g/mol. The van der Waals surface area contributed by atoms with Crippen LogP contribution >= 0.6 is 0 Å². The molecular formula is C26H29NO3. The fourth-order valence-corrected chi connectivity index (χ4v) is 3.24. The van der Waals surface area contributed by atoms with Crippen LogP contribution in [0, 0.1) is 0 Å². The van der Waals surface area contributed by atoms with Crippen molar-refractivity contribution in [3.8, 4) is 5.75 Å². The average Bonchev–Trinajstić information content (AvgIpc) is 2.78. The predicted molar refractivity (Wildman–Crippen MR) is 119 cm³/mol. The molecule has 0 saturated carbocycles. The van der Waals surface area contributed by atoms with Crippen LogP contribution < -0.4 is 10.1 Å². The van der Waals surface area contributed by atoms with Crippen LogP contribution in [0.15, 0.2) is 84.9 Å². The highest BCUT2D eigenvalue weighted by Crippen LogP contribution is 2.16. The third kappa shape index (κ3) is 7.37. The summed E-state index contributed by atoms with van der Waals surface area (Å²) in [7, 11) is 0. The molecule has 0 aromatic heterocycles. The Hall–Kier alpha value is -3.11. The van der Waals surface area contributed by atoms with E-state index in [9.17, 15) is 4.79 Å². The van der Waals surface area contributed by atoms with Gasteiger partial charge in [0.15, 0.2) is 0 Å². The largest absolute Gasteiger partial charge is 0.489 e. The predicted octanol–water partition coefficient (Wildman–Crippen LogP) is 4.92. The summed E-state index contributed by atoms with van der Waals surface area (Å²) < 4.78 is 11.0. The van der Waals surface area contributed by atoms with Crippen LogP contribution in [0.1, 0.15) is 30.0 Å². The Morgan fingerprint density at radius 2 is 1.47 bits per heavy atom. The molecule has 0 spiro atoms. The smallest absolute Gasteiger partial charge is 0.307 e. The summed E-state index contributed by atoms with van der Waals surface area (Å²) in [6.07, 6.45) is 1.08. The molecule has 3 aromatic carbocycles. The monoisotopic (exact) mass is 403 g/mol. The fraction of sp³-hybridized carbons (Fsp3) is 0.269. The maximum Gasteiger partial charge on any atom is 0.307 e. The Labute approximate surface area is 178 Å². The minimum absolute atomic E-state index is 0.000318. The van der Waals surface area contributed by atoms with Crippen LogP contribution in [0.5, 0.6) is 5.75 Å². The van der Waals surface area contributed by atoms with E-state index in [-0.39, 0.29) is 12.0 Å². The molecular weight excluding hydrogens is 374 g/mol. The van der Waals surface area contributed by atoms with E-state index in [1.165, 1.54) is 5.56 Å². The third-order valence-electron chi connectivity index (χ3n) is 4.81. The van der Waals surface area contributed by atoms with Crippen molar-refractivity contribution in [3.05, 3.63) is 102 Å². The number of esters is 1. The van der Waals surface area contributed by atoms with E-state index in [1.54, 1.807) is 0 Å². The topological polar surface area (TPSA) is 47.6 Å². The van der Waals surface area contributed by atoms with Gasteiger partial charge in [0.2, 0.25) is 0 Å². The summed E-state index contributed by atoms with van der Waals surface area (Å²) in [6, 6.07) is 28.4. The second-order valence-electron chi connectivity index (χ2n) is 7.19. The molecule has 156 valence electrons. The van der Waals surface area contributed by atoms with E-state index < -0.39 is 0 Å². The summed E-state index contributed by atoms with van der Waals surface area (Å²) in [5, 5.41) is 3.50. The molecule has 0 bridgehead atoms. The molecule has 0 aliphatic carbocycles. The van der Waals surface area contributed by atoms with Crippen molar-refractivity contribution >= 4 is 5.97 Å². The van der Waals surface area contributed by atoms with E-state index in [0.29, 0.717) is 26.2 Å². The summed E-state index contributed by atoms with van der Waals surface area (Å²) in [5.74, 6) is 0.660. The zero-order valence-electron chi connectivity index (χ0n) is 17.4. The number of ether oxygens (including phenoxy) is 2. The molecule has 4 nitrogen and oxygen atoms in total. The standard InChI is InChI=1S/C26H29NO3/c1-2-29-26(28)18-24(27-19-22-9-5-3-6-10-22)17-21-13-15-25(16-14-21)30-20-23-11-7-4-8-12-23/h3-16,24,27H,2,17-20H2,1H3. The zero-order chi connectivity index (χ0) is 21.0. The highest BCUT2D eigenvalue weighted by Gasteiger charge is 2.15. The second kappa shape index (κ2) is 11.8.